The van der Waals surface area contributed by atoms with Crippen LogP contribution >= 0.6 is 11.3 Å². The molecule has 0 bridgehead atoms. The smallest absolute Gasteiger partial charge is 0.250 e. The van der Waals surface area contributed by atoms with E-state index in [0.29, 0.717) is 24.3 Å². The van der Waals surface area contributed by atoms with Crippen LogP contribution in [0.1, 0.15) is 28.0 Å². The van der Waals surface area contributed by atoms with Crippen molar-refractivity contribution in [3.63, 3.8) is 0 Å². The molecule has 0 saturated heterocycles. The highest BCUT2D eigenvalue weighted by Gasteiger charge is 2.18. The van der Waals surface area contributed by atoms with Crippen molar-refractivity contribution in [2.24, 2.45) is 5.73 Å². The van der Waals surface area contributed by atoms with Crippen LogP contribution in [0.3, 0.4) is 0 Å². The summed E-state index contributed by atoms with van der Waals surface area (Å²) >= 11 is 1.40. The van der Waals surface area contributed by atoms with Gasteiger partial charge in [0.05, 0.1) is 29.4 Å². The molecule has 23 heavy (non-hydrogen) atoms. The summed E-state index contributed by atoms with van der Waals surface area (Å²) in [5, 5.41) is 14.0. The number of primary amides is 1. The third kappa shape index (κ3) is 3.76. The van der Waals surface area contributed by atoms with Crippen molar-refractivity contribution < 1.29 is 9.59 Å². The summed E-state index contributed by atoms with van der Waals surface area (Å²) in [6.07, 6.45) is 0.249. The van der Waals surface area contributed by atoms with Gasteiger partial charge in [0.25, 0.3) is 5.91 Å². The molecule has 7 nitrogen and oxygen atoms in total. The Hall–Kier alpha value is -2.66. The van der Waals surface area contributed by atoms with E-state index < -0.39 is 5.91 Å². The molecule has 0 spiro atoms. The molecule has 2 aromatic heterocycles. The van der Waals surface area contributed by atoms with E-state index in [2.05, 4.69) is 16.4 Å². The molecule has 2 amide bonds. The Morgan fingerprint density at radius 3 is 2.87 bits per heavy atom. The molecule has 0 fully saturated rings. The molecule has 0 atom stereocenters. The zero-order chi connectivity index (χ0) is 17.0. The van der Waals surface area contributed by atoms with Crippen LogP contribution in [0.25, 0.3) is 11.4 Å². The average molecular weight is 331 g/mol. The minimum atomic E-state index is -0.505. The summed E-state index contributed by atoms with van der Waals surface area (Å²) in [7, 11) is 0. The molecule has 8 heteroatoms. The van der Waals surface area contributed by atoms with Crippen LogP contribution in [0.15, 0.2) is 11.4 Å². The number of nitrogens with zero attached hydrogens (tertiary/aromatic N) is 3. The van der Waals surface area contributed by atoms with Crippen molar-refractivity contribution in [1.29, 1.82) is 5.26 Å². The lowest BCUT2D eigenvalue weighted by Gasteiger charge is -2.11. The fourth-order valence-corrected chi connectivity index (χ4v) is 3.04. The topological polar surface area (TPSA) is 114 Å². The van der Waals surface area contributed by atoms with Gasteiger partial charge < -0.3 is 15.6 Å². The van der Waals surface area contributed by atoms with Crippen molar-refractivity contribution in [3.8, 4) is 17.5 Å². The van der Waals surface area contributed by atoms with E-state index in [1.807, 2.05) is 9.95 Å². The maximum atomic E-state index is 11.6. The molecular formula is C15H17N5O2S. The number of nitrogens with two attached hydrogens (primary N) is 1. The molecule has 0 radical (unpaired) electrons. The second-order valence-corrected chi connectivity index (χ2v) is 5.93. The number of nitriles is 1. The first kappa shape index (κ1) is 16.7. The second kappa shape index (κ2) is 7.07. The van der Waals surface area contributed by atoms with Gasteiger partial charge in [0.1, 0.15) is 5.01 Å². The predicted molar refractivity (Wildman–Crippen MR) is 86.8 cm³/mol. The van der Waals surface area contributed by atoms with E-state index in [1.54, 1.807) is 13.0 Å². The number of aromatic nitrogens is 2. The van der Waals surface area contributed by atoms with E-state index in [9.17, 15) is 9.59 Å². The zero-order valence-corrected chi connectivity index (χ0v) is 13.7. The fourth-order valence-electron chi connectivity index (χ4n) is 2.32. The van der Waals surface area contributed by atoms with Gasteiger partial charge in [0.2, 0.25) is 5.91 Å². The van der Waals surface area contributed by atoms with Crippen molar-refractivity contribution in [3.05, 3.63) is 27.7 Å². The number of carbonyl (C=O) groups is 2. The summed E-state index contributed by atoms with van der Waals surface area (Å²) in [6.45, 7) is 4.19. The number of carbonyl (C=O) groups excluding carboxylic acids is 2. The molecule has 0 aliphatic carbocycles. The average Bonchev–Trinajstić information content (AvgIpc) is 3.05. The molecule has 0 aliphatic heterocycles. The van der Waals surface area contributed by atoms with E-state index in [1.165, 1.54) is 18.3 Å². The fraction of sp³-hybridized carbons (Fsp3) is 0.333. The van der Waals surface area contributed by atoms with E-state index in [4.69, 9.17) is 11.0 Å². The second-order valence-electron chi connectivity index (χ2n) is 4.99. The summed E-state index contributed by atoms with van der Waals surface area (Å²) in [6, 6.07) is 3.77. The van der Waals surface area contributed by atoms with Crippen LogP contribution in [0.2, 0.25) is 0 Å². The lowest BCUT2D eigenvalue weighted by molar-refractivity contribution is -0.118. The molecule has 2 aromatic rings. The number of hydrogen-bond acceptors (Lipinski definition) is 5. The highest BCUT2D eigenvalue weighted by molar-refractivity contribution is 7.10. The molecule has 2 heterocycles. The molecule has 0 unspecified atom stereocenters. The van der Waals surface area contributed by atoms with Crippen molar-refractivity contribution in [2.75, 3.05) is 6.54 Å². The molecule has 2 rings (SSSR count). The van der Waals surface area contributed by atoms with E-state index in [0.717, 1.165) is 16.4 Å². The summed E-state index contributed by atoms with van der Waals surface area (Å²) in [5.41, 5.74) is 8.02. The Kier molecular flexibility index (Phi) is 5.13. The lowest BCUT2D eigenvalue weighted by Crippen LogP contribution is -2.25. The largest absolute Gasteiger partial charge is 0.366 e. The first-order valence-corrected chi connectivity index (χ1v) is 7.88. The summed E-state index contributed by atoms with van der Waals surface area (Å²) in [5.74, 6) is -0.619. The van der Waals surface area contributed by atoms with Crippen LogP contribution < -0.4 is 11.1 Å². The summed E-state index contributed by atoms with van der Waals surface area (Å²) in [4.78, 5) is 27.0. The molecule has 0 saturated carbocycles. The van der Waals surface area contributed by atoms with Gasteiger partial charge >= 0.3 is 0 Å². The number of rotatable bonds is 6. The van der Waals surface area contributed by atoms with Crippen molar-refractivity contribution in [2.45, 2.75) is 26.8 Å². The van der Waals surface area contributed by atoms with Crippen LogP contribution in [0, 0.1) is 18.3 Å². The lowest BCUT2D eigenvalue weighted by atomic mass is 10.2. The SMILES string of the molecule is CC(=O)NCCn1c(-c2csc(CC#N)n2)cc(C(N)=O)c1C. The first-order valence-electron chi connectivity index (χ1n) is 7.00. The number of nitrogens with one attached hydrogen (secondary N) is 1. The highest BCUT2D eigenvalue weighted by atomic mass is 32.1. The Morgan fingerprint density at radius 2 is 2.26 bits per heavy atom. The highest BCUT2D eigenvalue weighted by Crippen LogP contribution is 2.27. The van der Waals surface area contributed by atoms with Gasteiger partial charge in [-0.05, 0) is 13.0 Å². The third-order valence-corrected chi connectivity index (χ3v) is 4.23. The molecule has 0 aromatic carbocycles. The first-order chi connectivity index (χ1) is 10.9. The number of thiazole rings is 1. The van der Waals surface area contributed by atoms with Crippen LogP contribution in [-0.4, -0.2) is 27.9 Å². The van der Waals surface area contributed by atoms with Gasteiger partial charge in [0, 0.05) is 31.1 Å². The standard InChI is InChI=1S/C15H17N5O2S/c1-9-11(15(17)22)7-13(20(9)6-5-18-10(2)21)12-8-23-14(19-12)3-4-16/h7-8H,3,5-6H2,1-2H3,(H2,17,22)(H,18,21). The normalized spacial score (nSPS) is 10.3. The third-order valence-electron chi connectivity index (χ3n) is 3.39. The Balaban J connectivity index is 2.39. The quantitative estimate of drug-likeness (QED) is 0.828. The zero-order valence-electron chi connectivity index (χ0n) is 12.9. The van der Waals surface area contributed by atoms with Crippen LogP contribution in [0.4, 0.5) is 0 Å². The predicted octanol–water partition coefficient (Wildman–Crippen LogP) is 1.22. The van der Waals surface area contributed by atoms with E-state index >= 15 is 0 Å². The Bertz CT molecular complexity index is 784. The van der Waals surface area contributed by atoms with Gasteiger partial charge in [-0.2, -0.15) is 5.26 Å². The number of amides is 2. The van der Waals surface area contributed by atoms with Gasteiger partial charge in [-0.1, -0.05) is 0 Å². The van der Waals surface area contributed by atoms with Gasteiger partial charge in [-0.15, -0.1) is 11.3 Å². The molecule has 3 N–H and O–H groups in total. The maximum Gasteiger partial charge on any atom is 0.250 e. The monoisotopic (exact) mass is 331 g/mol. The minimum Gasteiger partial charge on any atom is -0.366 e. The Morgan fingerprint density at radius 1 is 1.52 bits per heavy atom. The number of hydrogen-bond donors (Lipinski definition) is 2. The van der Waals surface area contributed by atoms with E-state index in [-0.39, 0.29) is 12.3 Å². The van der Waals surface area contributed by atoms with Gasteiger partial charge in [0.15, 0.2) is 0 Å². The van der Waals surface area contributed by atoms with Gasteiger partial charge in [-0.3, -0.25) is 9.59 Å². The molecule has 0 aliphatic rings. The molecule has 120 valence electrons. The molecular weight excluding hydrogens is 314 g/mol. The van der Waals surface area contributed by atoms with Crippen molar-refractivity contribution in [1.82, 2.24) is 14.9 Å². The maximum absolute atomic E-state index is 11.6. The van der Waals surface area contributed by atoms with Gasteiger partial charge in [-0.25, -0.2) is 4.98 Å². The minimum absolute atomic E-state index is 0.114. The van der Waals surface area contributed by atoms with Crippen LogP contribution in [-0.2, 0) is 17.8 Å². The Labute approximate surface area is 137 Å². The summed E-state index contributed by atoms with van der Waals surface area (Å²) < 4.78 is 1.90. The van der Waals surface area contributed by atoms with Crippen molar-refractivity contribution >= 4 is 23.2 Å². The van der Waals surface area contributed by atoms with Crippen LogP contribution in [0.5, 0.6) is 0 Å².